The Morgan fingerprint density at radius 1 is 1.22 bits per heavy atom. The number of nitrogens with one attached hydrogen (secondary N) is 2. The zero-order chi connectivity index (χ0) is 16.7. The lowest BCUT2D eigenvalue weighted by molar-refractivity contribution is -0.117. The highest BCUT2D eigenvalue weighted by Gasteiger charge is 2.34. The molecule has 126 valence electrons. The number of fused-ring (bicyclic) bond motifs is 1. The van der Waals surface area contributed by atoms with E-state index >= 15 is 0 Å². The van der Waals surface area contributed by atoms with E-state index in [4.69, 9.17) is 4.74 Å². The number of aryl methyl sites for hydroxylation is 1. The number of rotatable bonds is 2. The van der Waals surface area contributed by atoms with E-state index in [1.54, 1.807) is 0 Å². The zero-order valence-electron chi connectivity index (χ0n) is 14.4. The van der Waals surface area contributed by atoms with Crippen LogP contribution in [-0.2, 0) is 9.53 Å². The van der Waals surface area contributed by atoms with Crippen LogP contribution in [0.1, 0.15) is 33.5 Å². The molecule has 2 N–H and O–H groups in total. The molecule has 3 heterocycles. The van der Waals surface area contributed by atoms with Gasteiger partial charge in [0.2, 0.25) is 5.91 Å². The second-order valence-corrected chi connectivity index (χ2v) is 6.84. The predicted molar refractivity (Wildman–Crippen MR) is 89.9 cm³/mol. The molecule has 1 aromatic rings. The maximum Gasteiger partial charge on any atom is 0.247 e. The van der Waals surface area contributed by atoms with E-state index in [1.807, 2.05) is 20.8 Å². The van der Waals surface area contributed by atoms with Crippen LogP contribution >= 0.6 is 0 Å². The van der Waals surface area contributed by atoms with Gasteiger partial charge in [0.05, 0.1) is 12.2 Å². The van der Waals surface area contributed by atoms with E-state index in [0.717, 1.165) is 18.9 Å². The van der Waals surface area contributed by atoms with Gasteiger partial charge in [0.1, 0.15) is 17.6 Å². The molecule has 1 aromatic heterocycles. The first-order valence-corrected chi connectivity index (χ1v) is 8.21. The maximum absolute atomic E-state index is 12.4. The molecular weight excluding hydrogens is 294 g/mol. The number of amides is 1. The molecule has 2 aliphatic rings. The van der Waals surface area contributed by atoms with Crippen molar-refractivity contribution in [3.8, 4) is 0 Å². The van der Waals surface area contributed by atoms with E-state index in [1.165, 1.54) is 0 Å². The first-order valence-electron chi connectivity index (χ1n) is 8.21. The van der Waals surface area contributed by atoms with Gasteiger partial charge < -0.3 is 20.3 Å². The minimum atomic E-state index is -0.271. The SMILES string of the molecule is Cc1nc2c(c(N3CC(C)OC(C)C3)n1)NC(=O)C(C(C)C)N2. The lowest BCUT2D eigenvalue weighted by Crippen LogP contribution is -2.48. The Hall–Kier alpha value is -1.89. The number of nitrogens with zero attached hydrogens (tertiary/aromatic N) is 3. The molecule has 1 fully saturated rings. The van der Waals surface area contributed by atoms with E-state index in [2.05, 4.69) is 39.3 Å². The van der Waals surface area contributed by atoms with Crippen LogP contribution in [0.4, 0.5) is 17.3 Å². The molecule has 0 saturated carbocycles. The van der Waals surface area contributed by atoms with Crippen LogP contribution in [0.3, 0.4) is 0 Å². The van der Waals surface area contributed by atoms with Gasteiger partial charge in [-0.15, -0.1) is 0 Å². The Morgan fingerprint density at radius 2 is 1.87 bits per heavy atom. The maximum atomic E-state index is 12.4. The number of aromatic nitrogens is 2. The summed E-state index contributed by atoms with van der Waals surface area (Å²) in [5, 5.41) is 6.27. The van der Waals surface area contributed by atoms with Crippen LogP contribution in [0.15, 0.2) is 0 Å². The number of anilines is 3. The average Bonchev–Trinajstić information content (AvgIpc) is 2.45. The molecule has 3 atom stereocenters. The van der Waals surface area contributed by atoms with Crippen molar-refractivity contribution in [1.29, 1.82) is 0 Å². The Kier molecular flexibility index (Phi) is 4.14. The van der Waals surface area contributed by atoms with E-state index in [0.29, 0.717) is 17.3 Å². The van der Waals surface area contributed by atoms with Gasteiger partial charge >= 0.3 is 0 Å². The third-order valence-electron chi connectivity index (χ3n) is 4.21. The summed E-state index contributed by atoms with van der Waals surface area (Å²) in [5.41, 5.74) is 0.679. The smallest absolute Gasteiger partial charge is 0.247 e. The Bertz CT molecular complexity index is 609. The fraction of sp³-hybridized carbons (Fsp3) is 0.688. The van der Waals surface area contributed by atoms with E-state index in [9.17, 15) is 4.79 Å². The van der Waals surface area contributed by atoms with Gasteiger partial charge in [0, 0.05) is 13.1 Å². The highest BCUT2D eigenvalue weighted by molar-refractivity contribution is 6.05. The lowest BCUT2D eigenvalue weighted by Gasteiger charge is -2.38. The van der Waals surface area contributed by atoms with Crippen molar-refractivity contribution in [2.45, 2.75) is 52.9 Å². The fourth-order valence-corrected chi connectivity index (χ4v) is 3.24. The quantitative estimate of drug-likeness (QED) is 0.865. The summed E-state index contributed by atoms with van der Waals surface area (Å²) < 4.78 is 5.79. The van der Waals surface area contributed by atoms with Crippen LogP contribution in [-0.4, -0.2) is 47.2 Å². The fourth-order valence-electron chi connectivity index (χ4n) is 3.24. The van der Waals surface area contributed by atoms with Gasteiger partial charge in [0.15, 0.2) is 11.6 Å². The third-order valence-corrected chi connectivity index (χ3v) is 4.21. The lowest BCUT2D eigenvalue weighted by atomic mass is 10.0. The van der Waals surface area contributed by atoms with Gasteiger partial charge in [-0.05, 0) is 26.7 Å². The van der Waals surface area contributed by atoms with Crippen LogP contribution in [0.25, 0.3) is 0 Å². The summed E-state index contributed by atoms with van der Waals surface area (Å²) in [5.74, 6) is 2.33. The standard InChI is InChI=1S/C16H25N5O2/c1-8(2)12-16(22)20-13-14(19-12)17-11(5)18-15(13)21-6-9(3)23-10(4)7-21/h8-10,12H,6-7H2,1-5H3,(H,20,22)(H,17,18,19). The van der Waals surface area contributed by atoms with Crippen LogP contribution in [0, 0.1) is 12.8 Å². The number of hydrogen-bond donors (Lipinski definition) is 2. The summed E-state index contributed by atoms with van der Waals surface area (Å²) >= 11 is 0. The van der Waals surface area contributed by atoms with E-state index < -0.39 is 0 Å². The second-order valence-electron chi connectivity index (χ2n) is 6.84. The van der Waals surface area contributed by atoms with Gasteiger partial charge in [-0.25, -0.2) is 9.97 Å². The summed E-state index contributed by atoms with van der Waals surface area (Å²) in [7, 11) is 0. The first-order chi connectivity index (χ1) is 10.8. The molecule has 0 bridgehead atoms. The summed E-state index contributed by atoms with van der Waals surface area (Å²) in [6, 6.07) is -0.271. The Morgan fingerprint density at radius 3 is 2.48 bits per heavy atom. The molecule has 1 amide bonds. The van der Waals surface area contributed by atoms with Crippen LogP contribution in [0.2, 0.25) is 0 Å². The van der Waals surface area contributed by atoms with Crippen molar-refractivity contribution < 1.29 is 9.53 Å². The molecule has 1 saturated heterocycles. The van der Waals surface area contributed by atoms with Crippen LogP contribution in [0.5, 0.6) is 0 Å². The molecule has 2 aliphatic heterocycles. The van der Waals surface area contributed by atoms with Crippen molar-refractivity contribution >= 4 is 23.2 Å². The minimum absolute atomic E-state index is 0.0319. The molecule has 3 unspecified atom stereocenters. The first kappa shape index (κ1) is 16.0. The molecule has 3 rings (SSSR count). The molecule has 23 heavy (non-hydrogen) atoms. The number of morpholine rings is 1. The molecule has 7 heteroatoms. The third kappa shape index (κ3) is 3.10. The highest BCUT2D eigenvalue weighted by atomic mass is 16.5. The molecule has 0 spiro atoms. The van der Waals surface area contributed by atoms with Gasteiger partial charge in [-0.1, -0.05) is 13.8 Å². The molecule has 0 aromatic carbocycles. The van der Waals surface area contributed by atoms with Crippen molar-refractivity contribution in [1.82, 2.24) is 9.97 Å². The summed E-state index contributed by atoms with van der Waals surface area (Å²) in [6.45, 7) is 11.5. The van der Waals surface area contributed by atoms with Gasteiger partial charge in [-0.2, -0.15) is 0 Å². The van der Waals surface area contributed by atoms with Crippen LogP contribution < -0.4 is 15.5 Å². The topological polar surface area (TPSA) is 79.4 Å². The van der Waals surface area contributed by atoms with E-state index in [-0.39, 0.29) is 30.1 Å². The van der Waals surface area contributed by atoms with Crippen molar-refractivity contribution in [2.24, 2.45) is 5.92 Å². The number of carbonyl (C=O) groups excluding carboxylic acids is 1. The molecule has 0 radical (unpaired) electrons. The van der Waals surface area contributed by atoms with Gasteiger partial charge in [-0.3, -0.25) is 4.79 Å². The molecule has 7 nitrogen and oxygen atoms in total. The van der Waals surface area contributed by atoms with Crippen molar-refractivity contribution in [3.63, 3.8) is 0 Å². The summed E-state index contributed by atoms with van der Waals surface area (Å²) in [4.78, 5) is 23.6. The monoisotopic (exact) mass is 319 g/mol. The normalized spacial score (nSPS) is 27.5. The van der Waals surface area contributed by atoms with Crippen molar-refractivity contribution in [3.05, 3.63) is 5.82 Å². The molecule has 0 aliphatic carbocycles. The zero-order valence-corrected chi connectivity index (χ0v) is 14.4. The Balaban J connectivity index is 1.98. The number of hydrogen-bond acceptors (Lipinski definition) is 6. The summed E-state index contributed by atoms with van der Waals surface area (Å²) in [6.07, 6.45) is 0.251. The average molecular weight is 319 g/mol. The molecular formula is C16H25N5O2. The number of ether oxygens (including phenoxy) is 1. The van der Waals surface area contributed by atoms with Crippen molar-refractivity contribution in [2.75, 3.05) is 28.6 Å². The predicted octanol–water partition coefficient (Wildman–Crippen LogP) is 1.79. The highest BCUT2D eigenvalue weighted by Crippen LogP contribution is 2.35. The number of carbonyl (C=O) groups is 1. The minimum Gasteiger partial charge on any atom is -0.372 e. The second kappa shape index (κ2) is 5.96. The Labute approximate surface area is 136 Å². The van der Waals surface area contributed by atoms with Gasteiger partial charge in [0.25, 0.3) is 0 Å². The largest absolute Gasteiger partial charge is 0.372 e.